The maximum atomic E-state index is 11.8. The average molecular weight is 257 g/mol. The minimum absolute atomic E-state index is 0.232. The van der Waals surface area contributed by atoms with Crippen molar-refractivity contribution < 1.29 is 14.7 Å². The summed E-state index contributed by atoms with van der Waals surface area (Å²) in [6.07, 6.45) is 1.84. The molecular weight excluding hydrogens is 234 g/mol. The Morgan fingerprint density at radius 2 is 2.22 bits per heavy atom. The first-order chi connectivity index (χ1) is 8.52. The highest BCUT2D eigenvalue weighted by Gasteiger charge is 2.21. The van der Waals surface area contributed by atoms with E-state index in [0.29, 0.717) is 19.0 Å². The van der Waals surface area contributed by atoms with E-state index in [4.69, 9.17) is 5.11 Å². The second-order valence-electron chi connectivity index (χ2n) is 4.92. The lowest BCUT2D eigenvalue weighted by atomic mass is 10.1. The number of hydrogen-bond acceptors (Lipinski definition) is 3. The predicted octanol–water partition coefficient (Wildman–Crippen LogP) is 0.444. The summed E-state index contributed by atoms with van der Waals surface area (Å²) < 4.78 is 0. The summed E-state index contributed by atoms with van der Waals surface area (Å²) in [5, 5.41) is 11.6. The molecule has 2 N–H and O–H groups in total. The molecule has 1 heterocycles. The van der Waals surface area contributed by atoms with Crippen molar-refractivity contribution in [1.82, 2.24) is 15.1 Å². The molecule has 1 rings (SSSR count). The van der Waals surface area contributed by atoms with Crippen molar-refractivity contribution in [2.75, 3.05) is 39.8 Å². The van der Waals surface area contributed by atoms with Gasteiger partial charge in [0.2, 0.25) is 0 Å². The van der Waals surface area contributed by atoms with Crippen LogP contribution in [-0.2, 0) is 4.79 Å². The second kappa shape index (κ2) is 7.20. The van der Waals surface area contributed by atoms with Crippen LogP contribution in [0.1, 0.15) is 19.8 Å². The van der Waals surface area contributed by atoms with Gasteiger partial charge in [-0.3, -0.25) is 4.79 Å². The Morgan fingerprint density at radius 1 is 1.50 bits per heavy atom. The number of carboxylic acids is 1. The van der Waals surface area contributed by atoms with Crippen molar-refractivity contribution in [2.45, 2.75) is 19.8 Å². The first kappa shape index (κ1) is 14.8. The van der Waals surface area contributed by atoms with Crippen molar-refractivity contribution in [1.29, 1.82) is 0 Å². The molecule has 1 saturated heterocycles. The Hall–Kier alpha value is -1.30. The Balaban J connectivity index is 2.34. The number of nitrogens with one attached hydrogen (secondary N) is 1. The Bertz CT molecular complexity index is 296. The molecule has 0 radical (unpaired) electrons. The van der Waals surface area contributed by atoms with E-state index in [1.54, 1.807) is 0 Å². The fraction of sp³-hybridized carbons (Fsp3) is 0.833. The summed E-state index contributed by atoms with van der Waals surface area (Å²) in [6, 6.07) is -0.270. The molecule has 6 nitrogen and oxygen atoms in total. The highest BCUT2D eigenvalue weighted by atomic mass is 16.4. The molecule has 0 aliphatic carbocycles. The van der Waals surface area contributed by atoms with E-state index in [9.17, 15) is 9.59 Å². The third kappa shape index (κ3) is 4.91. The summed E-state index contributed by atoms with van der Waals surface area (Å²) >= 11 is 0. The third-order valence-electron chi connectivity index (χ3n) is 3.14. The quantitative estimate of drug-likeness (QED) is 0.724. The van der Waals surface area contributed by atoms with Gasteiger partial charge < -0.3 is 20.2 Å². The Kier molecular flexibility index (Phi) is 5.91. The second-order valence-corrected chi connectivity index (χ2v) is 4.92. The molecular formula is C12H23N3O3. The number of aliphatic carboxylic acids is 1. The van der Waals surface area contributed by atoms with E-state index >= 15 is 0 Å². The van der Waals surface area contributed by atoms with Crippen molar-refractivity contribution in [3.8, 4) is 0 Å². The molecule has 0 spiro atoms. The molecule has 6 heteroatoms. The molecule has 2 amide bonds. The zero-order chi connectivity index (χ0) is 13.5. The van der Waals surface area contributed by atoms with Crippen molar-refractivity contribution >= 4 is 12.0 Å². The number of nitrogens with zero attached hydrogens (tertiary/aromatic N) is 2. The highest BCUT2D eigenvalue weighted by Crippen LogP contribution is 2.12. The van der Waals surface area contributed by atoms with Gasteiger partial charge in [-0.1, -0.05) is 6.92 Å². The first-order valence-electron chi connectivity index (χ1n) is 6.46. The standard InChI is InChI=1S/C12H23N3O3/c1-3-5-15(9-11(16)17)12(18)13-7-10-4-6-14(2)8-10/h10H,3-9H2,1-2H3,(H,13,18)(H,16,17). The number of carbonyl (C=O) groups excluding carboxylic acids is 1. The monoisotopic (exact) mass is 257 g/mol. The van der Waals surface area contributed by atoms with Gasteiger partial charge in [0, 0.05) is 19.6 Å². The minimum atomic E-state index is -0.973. The zero-order valence-corrected chi connectivity index (χ0v) is 11.2. The molecule has 1 unspecified atom stereocenters. The summed E-state index contributed by atoms with van der Waals surface area (Å²) in [5.41, 5.74) is 0. The molecule has 1 aliphatic heterocycles. The maximum absolute atomic E-state index is 11.8. The lowest BCUT2D eigenvalue weighted by Gasteiger charge is -2.21. The maximum Gasteiger partial charge on any atom is 0.323 e. The van der Waals surface area contributed by atoms with Gasteiger partial charge in [-0.2, -0.15) is 0 Å². The first-order valence-corrected chi connectivity index (χ1v) is 6.46. The third-order valence-corrected chi connectivity index (χ3v) is 3.14. The molecule has 1 atom stereocenters. The van der Waals surface area contributed by atoms with Gasteiger partial charge in [-0.05, 0) is 32.4 Å². The minimum Gasteiger partial charge on any atom is -0.480 e. The molecule has 0 aromatic heterocycles. The van der Waals surface area contributed by atoms with Crippen LogP contribution in [0, 0.1) is 5.92 Å². The lowest BCUT2D eigenvalue weighted by Crippen LogP contribution is -2.44. The van der Waals surface area contributed by atoms with Crippen LogP contribution in [0.25, 0.3) is 0 Å². The van der Waals surface area contributed by atoms with Gasteiger partial charge in [0.25, 0.3) is 0 Å². The van der Waals surface area contributed by atoms with E-state index in [2.05, 4.69) is 17.3 Å². The van der Waals surface area contributed by atoms with Gasteiger partial charge in [-0.25, -0.2) is 4.79 Å². The number of rotatable bonds is 6. The van der Waals surface area contributed by atoms with Gasteiger partial charge in [0.1, 0.15) is 6.54 Å². The van der Waals surface area contributed by atoms with E-state index in [1.807, 2.05) is 6.92 Å². The highest BCUT2D eigenvalue weighted by molar-refractivity contribution is 5.80. The molecule has 18 heavy (non-hydrogen) atoms. The topological polar surface area (TPSA) is 72.9 Å². The Morgan fingerprint density at radius 3 is 2.72 bits per heavy atom. The van der Waals surface area contributed by atoms with E-state index in [1.165, 1.54) is 4.90 Å². The van der Waals surface area contributed by atoms with Crippen LogP contribution < -0.4 is 5.32 Å². The van der Waals surface area contributed by atoms with Crippen molar-refractivity contribution in [2.24, 2.45) is 5.92 Å². The van der Waals surface area contributed by atoms with Gasteiger partial charge in [0.05, 0.1) is 0 Å². The van der Waals surface area contributed by atoms with Crippen molar-refractivity contribution in [3.05, 3.63) is 0 Å². The van der Waals surface area contributed by atoms with Gasteiger partial charge in [-0.15, -0.1) is 0 Å². The SMILES string of the molecule is CCCN(CC(=O)O)C(=O)NCC1CCN(C)C1. The molecule has 1 aliphatic rings. The fourth-order valence-corrected chi connectivity index (χ4v) is 2.22. The average Bonchev–Trinajstić information content (AvgIpc) is 2.71. The number of likely N-dealkylation sites (tertiary alicyclic amines) is 1. The van der Waals surface area contributed by atoms with Crippen LogP contribution in [-0.4, -0.2) is 66.7 Å². The molecule has 0 aromatic rings. The van der Waals surface area contributed by atoms with Gasteiger partial charge in [0.15, 0.2) is 0 Å². The van der Waals surface area contributed by atoms with Crippen molar-refractivity contribution in [3.63, 3.8) is 0 Å². The normalized spacial score (nSPS) is 19.8. The molecule has 0 aromatic carbocycles. The number of urea groups is 1. The lowest BCUT2D eigenvalue weighted by molar-refractivity contribution is -0.137. The van der Waals surface area contributed by atoms with E-state index in [0.717, 1.165) is 25.9 Å². The summed E-state index contributed by atoms with van der Waals surface area (Å²) in [5.74, 6) is -0.494. The van der Waals surface area contributed by atoms with Crippen LogP contribution >= 0.6 is 0 Å². The molecule has 0 bridgehead atoms. The smallest absolute Gasteiger partial charge is 0.323 e. The molecule has 1 fully saturated rings. The summed E-state index contributed by atoms with van der Waals surface area (Å²) in [4.78, 5) is 26.1. The van der Waals surface area contributed by atoms with E-state index < -0.39 is 5.97 Å². The van der Waals surface area contributed by atoms with Crippen LogP contribution in [0.3, 0.4) is 0 Å². The molecule has 0 saturated carbocycles. The number of hydrogen-bond donors (Lipinski definition) is 2. The van der Waals surface area contributed by atoms with Crippen LogP contribution in [0.5, 0.6) is 0 Å². The number of amides is 2. The van der Waals surface area contributed by atoms with Crippen LogP contribution in [0.15, 0.2) is 0 Å². The van der Waals surface area contributed by atoms with Crippen LogP contribution in [0.2, 0.25) is 0 Å². The van der Waals surface area contributed by atoms with E-state index in [-0.39, 0.29) is 12.6 Å². The summed E-state index contributed by atoms with van der Waals surface area (Å²) in [7, 11) is 2.07. The zero-order valence-electron chi connectivity index (χ0n) is 11.2. The molecule has 104 valence electrons. The largest absolute Gasteiger partial charge is 0.480 e. The number of carbonyl (C=O) groups is 2. The van der Waals surface area contributed by atoms with Crippen LogP contribution in [0.4, 0.5) is 4.79 Å². The summed E-state index contributed by atoms with van der Waals surface area (Å²) in [6.45, 7) is 4.85. The van der Waals surface area contributed by atoms with Gasteiger partial charge >= 0.3 is 12.0 Å². The Labute approximate surface area is 108 Å². The fourth-order valence-electron chi connectivity index (χ4n) is 2.22. The number of carboxylic acid groups (broad SMARTS) is 1. The predicted molar refractivity (Wildman–Crippen MR) is 68.5 cm³/mol.